The fourth-order valence-electron chi connectivity index (χ4n) is 3.34. The van der Waals surface area contributed by atoms with Gasteiger partial charge in [-0.05, 0) is 50.9 Å². The Labute approximate surface area is 162 Å². The lowest BCUT2D eigenvalue weighted by Gasteiger charge is -2.32. The minimum atomic E-state index is 0. The van der Waals surface area contributed by atoms with Gasteiger partial charge in [-0.2, -0.15) is 0 Å². The summed E-state index contributed by atoms with van der Waals surface area (Å²) in [6.07, 6.45) is 2.17. The van der Waals surface area contributed by atoms with Crippen LogP contribution in [0.15, 0.2) is 30.3 Å². The standard InChI is InChI=1S/C19H25N3O.2ClH/c1-3-20-13-15-8-10-22(11-9-15)19(23)17-12-14(2)21-18-7-5-4-6-16(17)18;;/h4-7,12,15,20H,3,8-11,13H2,1-2H3;2*1H. The lowest BCUT2D eigenvalue weighted by atomic mass is 9.96. The van der Waals surface area contributed by atoms with Gasteiger partial charge in [-0.25, -0.2) is 0 Å². The van der Waals surface area contributed by atoms with Crippen LogP contribution in [0, 0.1) is 12.8 Å². The summed E-state index contributed by atoms with van der Waals surface area (Å²) in [5, 5.41) is 4.37. The molecule has 25 heavy (non-hydrogen) atoms. The Morgan fingerprint density at radius 2 is 1.92 bits per heavy atom. The number of pyridine rings is 1. The average Bonchev–Trinajstić information content (AvgIpc) is 2.59. The SMILES string of the molecule is CCNCC1CCN(C(=O)c2cc(C)nc3ccccc23)CC1.Cl.Cl. The summed E-state index contributed by atoms with van der Waals surface area (Å²) in [5.41, 5.74) is 2.59. The first-order valence-corrected chi connectivity index (χ1v) is 8.55. The summed E-state index contributed by atoms with van der Waals surface area (Å²) in [7, 11) is 0. The second-order valence-electron chi connectivity index (χ2n) is 6.37. The van der Waals surface area contributed by atoms with Crippen LogP contribution < -0.4 is 5.32 Å². The van der Waals surface area contributed by atoms with Crippen molar-refractivity contribution in [2.45, 2.75) is 26.7 Å². The Hall–Kier alpha value is -1.36. The Bertz CT molecular complexity index is 700. The Kier molecular flexibility index (Phi) is 8.63. The first-order chi connectivity index (χ1) is 11.2. The van der Waals surface area contributed by atoms with Gasteiger partial charge in [-0.1, -0.05) is 25.1 Å². The van der Waals surface area contributed by atoms with Crippen molar-refractivity contribution in [3.05, 3.63) is 41.6 Å². The number of likely N-dealkylation sites (tertiary alicyclic amines) is 1. The molecule has 1 saturated heterocycles. The maximum Gasteiger partial charge on any atom is 0.254 e. The summed E-state index contributed by atoms with van der Waals surface area (Å²) in [6.45, 7) is 7.87. The van der Waals surface area contributed by atoms with E-state index in [9.17, 15) is 4.79 Å². The molecule has 2 aromatic rings. The van der Waals surface area contributed by atoms with E-state index in [4.69, 9.17) is 0 Å². The van der Waals surface area contributed by atoms with Gasteiger partial charge in [0.1, 0.15) is 0 Å². The van der Waals surface area contributed by atoms with Crippen LogP contribution in [-0.2, 0) is 0 Å². The van der Waals surface area contributed by atoms with E-state index in [2.05, 4.69) is 17.2 Å². The number of nitrogens with zero attached hydrogens (tertiary/aromatic N) is 2. The molecule has 1 aliphatic rings. The minimum Gasteiger partial charge on any atom is -0.339 e. The number of fused-ring (bicyclic) bond motifs is 1. The molecule has 3 rings (SSSR count). The number of aromatic nitrogens is 1. The predicted octanol–water partition coefficient (Wildman–Crippen LogP) is 3.85. The lowest BCUT2D eigenvalue weighted by molar-refractivity contribution is 0.0692. The van der Waals surface area contributed by atoms with E-state index < -0.39 is 0 Å². The minimum absolute atomic E-state index is 0. The van der Waals surface area contributed by atoms with Crippen molar-refractivity contribution >= 4 is 41.6 Å². The highest BCUT2D eigenvalue weighted by molar-refractivity contribution is 6.06. The fourth-order valence-corrected chi connectivity index (χ4v) is 3.34. The van der Waals surface area contributed by atoms with Crippen molar-refractivity contribution in [2.75, 3.05) is 26.2 Å². The van der Waals surface area contributed by atoms with Gasteiger partial charge in [0.2, 0.25) is 0 Å². The molecule has 1 amide bonds. The van der Waals surface area contributed by atoms with E-state index in [0.717, 1.165) is 61.2 Å². The predicted molar refractivity (Wildman–Crippen MR) is 108 cm³/mol. The van der Waals surface area contributed by atoms with Gasteiger partial charge in [0.15, 0.2) is 0 Å². The van der Waals surface area contributed by atoms with E-state index in [1.807, 2.05) is 42.2 Å². The van der Waals surface area contributed by atoms with Crippen molar-refractivity contribution < 1.29 is 4.79 Å². The zero-order chi connectivity index (χ0) is 16.2. The number of piperidine rings is 1. The smallest absolute Gasteiger partial charge is 0.254 e. The van der Waals surface area contributed by atoms with Gasteiger partial charge in [0.25, 0.3) is 5.91 Å². The molecule has 0 spiro atoms. The maximum atomic E-state index is 13.0. The number of carbonyl (C=O) groups is 1. The summed E-state index contributed by atoms with van der Waals surface area (Å²) in [5.74, 6) is 0.837. The molecule has 138 valence electrons. The third-order valence-electron chi connectivity index (χ3n) is 4.66. The highest BCUT2D eigenvalue weighted by Crippen LogP contribution is 2.23. The lowest BCUT2D eigenvalue weighted by Crippen LogP contribution is -2.40. The third kappa shape index (κ3) is 5.06. The largest absolute Gasteiger partial charge is 0.339 e. The number of nitrogens with one attached hydrogen (secondary N) is 1. The monoisotopic (exact) mass is 383 g/mol. The number of hydrogen-bond acceptors (Lipinski definition) is 3. The summed E-state index contributed by atoms with van der Waals surface area (Å²) in [6, 6.07) is 9.83. The van der Waals surface area contributed by atoms with E-state index in [1.165, 1.54) is 0 Å². The quantitative estimate of drug-likeness (QED) is 0.871. The molecule has 0 bridgehead atoms. The number of carbonyl (C=O) groups excluding carboxylic acids is 1. The van der Waals surface area contributed by atoms with Gasteiger partial charge in [0, 0.05) is 24.2 Å². The van der Waals surface area contributed by atoms with Crippen LogP contribution in [0.1, 0.15) is 35.8 Å². The highest BCUT2D eigenvalue weighted by Gasteiger charge is 2.24. The molecule has 0 radical (unpaired) electrons. The molecule has 0 aliphatic carbocycles. The van der Waals surface area contributed by atoms with Gasteiger partial charge in [-0.3, -0.25) is 9.78 Å². The van der Waals surface area contributed by atoms with Crippen LogP contribution in [0.3, 0.4) is 0 Å². The molecular formula is C19H27Cl2N3O. The molecule has 0 atom stereocenters. The normalized spacial score (nSPS) is 14.7. The van der Waals surface area contributed by atoms with Gasteiger partial charge >= 0.3 is 0 Å². The van der Waals surface area contributed by atoms with E-state index >= 15 is 0 Å². The van der Waals surface area contributed by atoms with Crippen molar-refractivity contribution in [2.24, 2.45) is 5.92 Å². The number of halogens is 2. The molecule has 1 aromatic heterocycles. The number of benzene rings is 1. The van der Waals surface area contributed by atoms with Crippen LogP contribution in [-0.4, -0.2) is 42.0 Å². The molecule has 1 aromatic carbocycles. The van der Waals surface area contributed by atoms with E-state index in [0.29, 0.717) is 5.92 Å². The maximum absolute atomic E-state index is 13.0. The molecule has 1 fully saturated rings. The first-order valence-electron chi connectivity index (χ1n) is 8.55. The number of para-hydroxylation sites is 1. The zero-order valence-corrected chi connectivity index (χ0v) is 16.5. The van der Waals surface area contributed by atoms with Crippen molar-refractivity contribution in [1.82, 2.24) is 15.2 Å². The number of rotatable bonds is 4. The highest BCUT2D eigenvalue weighted by atomic mass is 35.5. The fraction of sp³-hybridized carbons (Fsp3) is 0.474. The molecule has 2 heterocycles. The summed E-state index contributed by atoms with van der Waals surface area (Å²) >= 11 is 0. The number of amides is 1. The van der Waals surface area contributed by atoms with E-state index in [1.54, 1.807) is 0 Å². The number of hydrogen-bond donors (Lipinski definition) is 1. The van der Waals surface area contributed by atoms with Crippen LogP contribution >= 0.6 is 24.8 Å². The van der Waals surface area contributed by atoms with Crippen LogP contribution in [0.5, 0.6) is 0 Å². The van der Waals surface area contributed by atoms with E-state index in [-0.39, 0.29) is 30.7 Å². The molecule has 1 aliphatic heterocycles. The van der Waals surface area contributed by atoms with Crippen LogP contribution in [0.4, 0.5) is 0 Å². The molecule has 4 nitrogen and oxygen atoms in total. The van der Waals surface area contributed by atoms with Crippen molar-refractivity contribution in [3.8, 4) is 0 Å². The summed E-state index contributed by atoms with van der Waals surface area (Å²) < 4.78 is 0. The molecule has 0 unspecified atom stereocenters. The Balaban J connectivity index is 0.00000156. The number of aryl methyl sites for hydroxylation is 1. The van der Waals surface area contributed by atoms with Gasteiger partial charge in [0.05, 0.1) is 11.1 Å². The third-order valence-corrected chi connectivity index (χ3v) is 4.66. The second kappa shape index (κ2) is 9.95. The van der Waals surface area contributed by atoms with Gasteiger partial charge < -0.3 is 10.2 Å². The van der Waals surface area contributed by atoms with Crippen LogP contribution in [0.2, 0.25) is 0 Å². The second-order valence-corrected chi connectivity index (χ2v) is 6.37. The molecule has 1 N–H and O–H groups in total. The Morgan fingerprint density at radius 1 is 1.24 bits per heavy atom. The first kappa shape index (κ1) is 21.7. The molecule has 6 heteroatoms. The zero-order valence-electron chi connectivity index (χ0n) is 14.8. The topological polar surface area (TPSA) is 45.2 Å². The summed E-state index contributed by atoms with van der Waals surface area (Å²) in [4.78, 5) is 19.5. The van der Waals surface area contributed by atoms with Crippen molar-refractivity contribution in [1.29, 1.82) is 0 Å². The average molecular weight is 384 g/mol. The van der Waals surface area contributed by atoms with Crippen molar-refractivity contribution in [3.63, 3.8) is 0 Å². The molecular weight excluding hydrogens is 357 g/mol. The Morgan fingerprint density at radius 3 is 2.60 bits per heavy atom. The van der Waals surface area contributed by atoms with Crippen LogP contribution in [0.25, 0.3) is 10.9 Å². The molecule has 0 saturated carbocycles. The van der Waals surface area contributed by atoms with Gasteiger partial charge in [-0.15, -0.1) is 24.8 Å².